The van der Waals surface area contributed by atoms with Gasteiger partial charge in [0.15, 0.2) is 5.78 Å². The molecule has 2 saturated heterocycles. The van der Waals surface area contributed by atoms with Crippen molar-refractivity contribution in [1.29, 1.82) is 0 Å². The summed E-state index contributed by atoms with van der Waals surface area (Å²) in [7, 11) is 0. The van der Waals surface area contributed by atoms with Crippen molar-refractivity contribution in [3.8, 4) is 0 Å². The van der Waals surface area contributed by atoms with Gasteiger partial charge in [-0.3, -0.25) is 14.5 Å². The average molecular weight is 361 g/mol. The Morgan fingerprint density at radius 3 is 2.50 bits per heavy atom. The smallest absolute Gasteiger partial charge is 0.236 e. The first-order valence-corrected chi connectivity index (χ1v) is 9.53. The Morgan fingerprint density at radius 2 is 1.85 bits per heavy atom. The molecule has 0 N–H and O–H groups in total. The van der Waals surface area contributed by atoms with Crippen LogP contribution in [0, 0.1) is 5.82 Å². The quantitative estimate of drug-likeness (QED) is 0.773. The minimum absolute atomic E-state index is 0.166. The monoisotopic (exact) mass is 361 g/mol. The maximum Gasteiger partial charge on any atom is 0.236 e. The van der Waals surface area contributed by atoms with Gasteiger partial charge in [-0.05, 0) is 45.2 Å². The zero-order valence-corrected chi connectivity index (χ0v) is 15.7. The fraction of sp³-hybridized carbons (Fsp3) is 0.600. The molecule has 1 aromatic rings. The third kappa shape index (κ3) is 4.06. The number of amides is 1. The third-order valence-corrected chi connectivity index (χ3v) is 5.54. The standard InChI is InChI=1S/C20H28FN3O2/c1-15-6-3-4-9-24(15)19(26)14-22-10-12-23(13-11-22)18-8-5-7-17(21)20(18)16(2)25/h5,7-8,15H,3-4,6,9-14H2,1-2H3. The lowest BCUT2D eigenvalue weighted by atomic mass is 10.0. The van der Waals surface area contributed by atoms with Crippen LogP contribution in [0.5, 0.6) is 0 Å². The highest BCUT2D eigenvalue weighted by atomic mass is 19.1. The van der Waals surface area contributed by atoms with Crippen LogP contribution < -0.4 is 4.90 Å². The third-order valence-electron chi connectivity index (χ3n) is 5.54. The first kappa shape index (κ1) is 18.8. The number of hydrogen-bond acceptors (Lipinski definition) is 4. The number of carbonyl (C=O) groups is 2. The highest BCUT2D eigenvalue weighted by Gasteiger charge is 2.27. The summed E-state index contributed by atoms with van der Waals surface area (Å²) in [6.07, 6.45) is 3.39. The largest absolute Gasteiger partial charge is 0.368 e. The van der Waals surface area contributed by atoms with Gasteiger partial charge < -0.3 is 9.80 Å². The molecule has 2 aliphatic heterocycles. The zero-order valence-electron chi connectivity index (χ0n) is 15.7. The van der Waals surface area contributed by atoms with Gasteiger partial charge in [0.1, 0.15) is 5.82 Å². The Hall–Kier alpha value is -1.95. The first-order valence-electron chi connectivity index (χ1n) is 9.53. The zero-order chi connectivity index (χ0) is 18.7. The molecule has 6 heteroatoms. The van der Waals surface area contributed by atoms with Crippen LogP contribution in [0.4, 0.5) is 10.1 Å². The number of hydrogen-bond donors (Lipinski definition) is 0. The van der Waals surface area contributed by atoms with E-state index in [2.05, 4.69) is 11.8 Å². The minimum atomic E-state index is -0.466. The van der Waals surface area contributed by atoms with E-state index < -0.39 is 5.82 Å². The maximum absolute atomic E-state index is 14.0. The topological polar surface area (TPSA) is 43.9 Å². The summed E-state index contributed by atoms with van der Waals surface area (Å²) >= 11 is 0. The molecule has 26 heavy (non-hydrogen) atoms. The number of halogens is 1. The Kier molecular flexibility index (Phi) is 5.91. The van der Waals surface area contributed by atoms with Crippen LogP contribution in [0.2, 0.25) is 0 Å². The van der Waals surface area contributed by atoms with Gasteiger partial charge in [-0.2, -0.15) is 0 Å². The van der Waals surface area contributed by atoms with E-state index in [9.17, 15) is 14.0 Å². The second kappa shape index (κ2) is 8.16. The molecule has 1 atom stereocenters. The van der Waals surface area contributed by atoms with E-state index in [0.717, 1.165) is 32.5 Å². The van der Waals surface area contributed by atoms with E-state index in [1.54, 1.807) is 12.1 Å². The van der Waals surface area contributed by atoms with Crippen LogP contribution in [-0.2, 0) is 4.79 Å². The number of piperazine rings is 1. The summed E-state index contributed by atoms with van der Waals surface area (Å²) in [5.74, 6) is -0.512. The van der Waals surface area contributed by atoms with Gasteiger partial charge in [0.25, 0.3) is 0 Å². The van der Waals surface area contributed by atoms with E-state index in [1.165, 1.54) is 19.4 Å². The molecule has 3 rings (SSSR count). The number of rotatable bonds is 4. The fourth-order valence-electron chi connectivity index (χ4n) is 4.02. The van der Waals surface area contributed by atoms with E-state index in [-0.39, 0.29) is 17.3 Å². The van der Waals surface area contributed by atoms with Crippen LogP contribution in [0.1, 0.15) is 43.5 Å². The van der Waals surface area contributed by atoms with Gasteiger partial charge in [0.2, 0.25) is 5.91 Å². The number of nitrogens with zero attached hydrogens (tertiary/aromatic N) is 3. The van der Waals surface area contributed by atoms with E-state index in [1.807, 2.05) is 9.80 Å². The van der Waals surface area contributed by atoms with E-state index in [0.29, 0.717) is 31.4 Å². The lowest BCUT2D eigenvalue weighted by Crippen LogP contribution is -2.52. The van der Waals surface area contributed by atoms with Crippen molar-refractivity contribution in [2.75, 3.05) is 44.2 Å². The van der Waals surface area contributed by atoms with Crippen LogP contribution in [0.25, 0.3) is 0 Å². The number of piperidine rings is 1. The van der Waals surface area contributed by atoms with Crippen molar-refractivity contribution in [3.05, 3.63) is 29.6 Å². The predicted octanol–water partition coefficient (Wildman–Crippen LogP) is 2.55. The molecule has 0 bridgehead atoms. The molecule has 1 amide bonds. The second-order valence-electron chi connectivity index (χ2n) is 7.39. The number of likely N-dealkylation sites (tertiary alicyclic amines) is 1. The van der Waals surface area contributed by atoms with Gasteiger partial charge in [-0.15, -0.1) is 0 Å². The minimum Gasteiger partial charge on any atom is -0.368 e. The van der Waals surface area contributed by atoms with E-state index in [4.69, 9.17) is 0 Å². The molecule has 2 heterocycles. The maximum atomic E-state index is 14.0. The van der Waals surface area contributed by atoms with Crippen molar-refractivity contribution in [2.24, 2.45) is 0 Å². The molecule has 5 nitrogen and oxygen atoms in total. The molecular formula is C20H28FN3O2. The Bertz CT molecular complexity index is 671. The Balaban J connectivity index is 1.59. The normalized spacial score (nSPS) is 21.7. The summed E-state index contributed by atoms with van der Waals surface area (Å²) < 4.78 is 14.0. The van der Waals surface area contributed by atoms with Gasteiger partial charge in [-0.25, -0.2) is 4.39 Å². The van der Waals surface area contributed by atoms with Gasteiger partial charge in [0, 0.05) is 38.8 Å². The number of benzene rings is 1. The molecule has 0 saturated carbocycles. The molecule has 0 radical (unpaired) electrons. The summed E-state index contributed by atoms with van der Waals surface area (Å²) in [6, 6.07) is 5.11. The van der Waals surface area contributed by atoms with Crippen LogP contribution in [0.3, 0.4) is 0 Å². The molecular weight excluding hydrogens is 333 g/mol. The Morgan fingerprint density at radius 1 is 1.12 bits per heavy atom. The highest BCUT2D eigenvalue weighted by Crippen LogP contribution is 2.25. The van der Waals surface area contributed by atoms with Gasteiger partial charge in [-0.1, -0.05) is 6.07 Å². The first-order chi connectivity index (χ1) is 12.5. The Labute approximate surface area is 154 Å². The molecule has 2 fully saturated rings. The molecule has 1 unspecified atom stereocenters. The van der Waals surface area contributed by atoms with Crippen molar-refractivity contribution in [2.45, 2.75) is 39.2 Å². The number of Topliss-reactive ketones (excluding diaryl/α,β-unsaturated/α-hetero) is 1. The van der Waals surface area contributed by atoms with Gasteiger partial charge >= 0.3 is 0 Å². The molecule has 0 spiro atoms. The highest BCUT2D eigenvalue weighted by molar-refractivity contribution is 6.00. The van der Waals surface area contributed by atoms with Crippen LogP contribution in [0.15, 0.2) is 18.2 Å². The predicted molar refractivity (Wildman–Crippen MR) is 100 cm³/mol. The molecule has 142 valence electrons. The van der Waals surface area contributed by atoms with Crippen molar-refractivity contribution >= 4 is 17.4 Å². The van der Waals surface area contributed by atoms with Gasteiger partial charge in [0.05, 0.1) is 17.8 Å². The summed E-state index contributed by atoms with van der Waals surface area (Å²) in [5, 5.41) is 0. The number of ketones is 1. The van der Waals surface area contributed by atoms with Crippen LogP contribution in [-0.4, -0.2) is 66.8 Å². The lowest BCUT2D eigenvalue weighted by molar-refractivity contribution is -0.135. The van der Waals surface area contributed by atoms with Crippen molar-refractivity contribution < 1.29 is 14.0 Å². The van der Waals surface area contributed by atoms with Crippen LogP contribution >= 0.6 is 0 Å². The average Bonchev–Trinajstić information content (AvgIpc) is 2.62. The molecule has 2 aliphatic rings. The number of carbonyl (C=O) groups excluding carboxylic acids is 2. The number of anilines is 1. The second-order valence-corrected chi connectivity index (χ2v) is 7.39. The fourth-order valence-corrected chi connectivity index (χ4v) is 4.02. The lowest BCUT2D eigenvalue weighted by Gasteiger charge is -2.39. The molecule has 1 aromatic carbocycles. The molecule has 0 aromatic heterocycles. The summed E-state index contributed by atoms with van der Waals surface area (Å²) in [5.41, 5.74) is 0.826. The SMILES string of the molecule is CC(=O)c1c(F)cccc1N1CCN(CC(=O)N2CCCCC2C)CC1. The van der Waals surface area contributed by atoms with Crippen molar-refractivity contribution in [3.63, 3.8) is 0 Å². The molecule has 0 aliphatic carbocycles. The summed E-state index contributed by atoms with van der Waals surface area (Å²) in [6.45, 7) is 7.69. The van der Waals surface area contributed by atoms with E-state index >= 15 is 0 Å². The summed E-state index contributed by atoms with van der Waals surface area (Å²) in [4.78, 5) is 30.6. The van der Waals surface area contributed by atoms with Crippen molar-refractivity contribution in [1.82, 2.24) is 9.80 Å².